The second-order valence-corrected chi connectivity index (χ2v) is 6.91. The maximum Gasteiger partial charge on any atom is 0.321 e. The second-order valence-electron chi connectivity index (χ2n) is 6.91. The van der Waals surface area contributed by atoms with E-state index in [1.54, 1.807) is 24.1 Å². The van der Waals surface area contributed by atoms with Gasteiger partial charge in [-0.15, -0.1) is 0 Å². The maximum atomic E-state index is 13.3. The van der Waals surface area contributed by atoms with Crippen LogP contribution in [0.2, 0.25) is 0 Å². The first-order valence-corrected chi connectivity index (χ1v) is 9.42. The molecule has 0 spiro atoms. The van der Waals surface area contributed by atoms with Crippen LogP contribution in [0.3, 0.4) is 0 Å². The smallest absolute Gasteiger partial charge is 0.321 e. The number of anilines is 1. The van der Waals surface area contributed by atoms with Gasteiger partial charge in [-0.1, -0.05) is 11.2 Å². The van der Waals surface area contributed by atoms with Crippen LogP contribution in [0.4, 0.5) is 14.9 Å². The quantitative estimate of drug-likeness (QED) is 0.711. The van der Waals surface area contributed by atoms with E-state index < -0.39 is 5.82 Å². The number of aromatic nitrogens is 2. The Morgan fingerprint density at radius 1 is 1.28 bits per heavy atom. The van der Waals surface area contributed by atoms with Gasteiger partial charge in [0.05, 0.1) is 13.0 Å². The van der Waals surface area contributed by atoms with Crippen LogP contribution in [0, 0.1) is 5.82 Å². The summed E-state index contributed by atoms with van der Waals surface area (Å²) in [5.41, 5.74) is 1.26. The summed E-state index contributed by atoms with van der Waals surface area (Å²) in [7, 11) is 1.61. The number of urea groups is 1. The van der Waals surface area contributed by atoms with E-state index in [4.69, 9.17) is 9.26 Å². The van der Waals surface area contributed by atoms with E-state index >= 15 is 0 Å². The van der Waals surface area contributed by atoms with Gasteiger partial charge in [0.25, 0.3) is 0 Å². The zero-order valence-electron chi connectivity index (χ0n) is 16.0. The lowest BCUT2D eigenvalue weighted by atomic mass is 9.98. The van der Waals surface area contributed by atoms with Gasteiger partial charge < -0.3 is 19.5 Å². The van der Waals surface area contributed by atoms with Gasteiger partial charge in [-0.3, -0.25) is 0 Å². The third kappa shape index (κ3) is 4.37. The third-order valence-corrected chi connectivity index (χ3v) is 4.92. The van der Waals surface area contributed by atoms with Crippen molar-refractivity contribution in [3.8, 4) is 17.1 Å². The molecular formula is C21H21FN4O3. The fraction of sp³-hybridized carbons (Fsp3) is 0.286. The van der Waals surface area contributed by atoms with Gasteiger partial charge in [0, 0.05) is 24.3 Å². The number of nitrogens with one attached hydrogen (secondary N) is 1. The normalized spacial score (nSPS) is 16.5. The largest absolute Gasteiger partial charge is 0.497 e. The molecule has 1 atom stereocenters. The van der Waals surface area contributed by atoms with Gasteiger partial charge in [-0.05, 0) is 55.3 Å². The third-order valence-electron chi connectivity index (χ3n) is 4.92. The Morgan fingerprint density at radius 3 is 2.86 bits per heavy atom. The van der Waals surface area contributed by atoms with Gasteiger partial charge in [0.1, 0.15) is 11.6 Å². The van der Waals surface area contributed by atoms with Crippen molar-refractivity contribution in [3.63, 3.8) is 0 Å². The molecule has 1 aliphatic rings. The van der Waals surface area contributed by atoms with Crippen molar-refractivity contribution in [2.75, 3.05) is 25.5 Å². The predicted molar refractivity (Wildman–Crippen MR) is 105 cm³/mol. The predicted octanol–water partition coefficient (Wildman–Crippen LogP) is 4.30. The van der Waals surface area contributed by atoms with E-state index in [-0.39, 0.29) is 11.9 Å². The average molecular weight is 396 g/mol. The molecule has 0 radical (unpaired) electrons. The van der Waals surface area contributed by atoms with E-state index in [2.05, 4.69) is 15.5 Å². The minimum Gasteiger partial charge on any atom is -0.497 e. The van der Waals surface area contributed by atoms with Crippen molar-refractivity contribution >= 4 is 11.7 Å². The number of nitrogens with zero attached hydrogens (tertiary/aromatic N) is 3. The molecule has 2 heterocycles. The highest BCUT2D eigenvalue weighted by Crippen LogP contribution is 2.28. The molecule has 29 heavy (non-hydrogen) atoms. The molecule has 0 aliphatic carbocycles. The van der Waals surface area contributed by atoms with Crippen LogP contribution < -0.4 is 10.1 Å². The van der Waals surface area contributed by atoms with Crippen molar-refractivity contribution in [3.05, 3.63) is 60.2 Å². The zero-order valence-corrected chi connectivity index (χ0v) is 16.0. The summed E-state index contributed by atoms with van der Waals surface area (Å²) in [6.45, 7) is 1.09. The highest BCUT2D eigenvalue weighted by molar-refractivity contribution is 5.89. The molecule has 2 aromatic carbocycles. The Hall–Kier alpha value is -3.42. The molecule has 0 saturated carbocycles. The molecule has 3 aromatic rings. The number of rotatable bonds is 4. The lowest BCUT2D eigenvalue weighted by Crippen LogP contribution is -2.41. The Morgan fingerprint density at radius 2 is 2.10 bits per heavy atom. The first kappa shape index (κ1) is 18.9. The van der Waals surface area contributed by atoms with E-state index in [0.29, 0.717) is 30.5 Å². The van der Waals surface area contributed by atoms with E-state index in [0.717, 1.165) is 24.2 Å². The Kier molecular flexibility index (Phi) is 5.41. The van der Waals surface area contributed by atoms with Crippen LogP contribution in [0.25, 0.3) is 11.4 Å². The van der Waals surface area contributed by atoms with E-state index in [1.807, 2.05) is 24.3 Å². The standard InChI is InChI=1S/C21H21FN4O3/c1-28-18-9-7-14(8-10-18)19-24-20(29-25-19)15-4-3-11-26(13-15)21(27)23-17-6-2-5-16(22)12-17/h2,5-10,12,15H,3-4,11,13H2,1H3,(H,23,27)/t15-/m1/s1. The van der Waals surface area contributed by atoms with Crippen molar-refractivity contribution in [1.29, 1.82) is 0 Å². The summed E-state index contributed by atoms with van der Waals surface area (Å²) < 4.78 is 24.0. The van der Waals surface area contributed by atoms with Gasteiger partial charge in [0.15, 0.2) is 0 Å². The fourth-order valence-corrected chi connectivity index (χ4v) is 3.39. The summed E-state index contributed by atoms with van der Waals surface area (Å²) in [5, 5.41) is 6.81. The minimum atomic E-state index is -0.392. The number of amides is 2. The van der Waals surface area contributed by atoms with Crippen molar-refractivity contribution in [2.24, 2.45) is 0 Å². The van der Waals surface area contributed by atoms with Crippen LogP contribution in [-0.4, -0.2) is 41.3 Å². The fourth-order valence-electron chi connectivity index (χ4n) is 3.39. The molecule has 1 N–H and O–H groups in total. The lowest BCUT2D eigenvalue weighted by Gasteiger charge is -2.31. The summed E-state index contributed by atoms with van der Waals surface area (Å²) in [4.78, 5) is 18.8. The van der Waals surface area contributed by atoms with Crippen LogP contribution in [0.15, 0.2) is 53.1 Å². The minimum absolute atomic E-state index is 0.0403. The van der Waals surface area contributed by atoms with Crippen molar-refractivity contribution < 1.29 is 18.4 Å². The number of carbonyl (C=O) groups excluding carboxylic acids is 1. The number of hydrogen-bond acceptors (Lipinski definition) is 5. The molecular weight excluding hydrogens is 375 g/mol. The molecule has 2 amide bonds. The first-order chi connectivity index (χ1) is 14.1. The molecule has 7 nitrogen and oxygen atoms in total. The molecule has 4 rings (SSSR count). The monoisotopic (exact) mass is 396 g/mol. The number of ether oxygens (including phenoxy) is 1. The molecule has 1 fully saturated rings. The highest BCUT2D eigenvalue weighted by Gasteiger charge is 2.29. The number of halogens is 1. The van der Waals surface area contributed by atoms with Crippen LogP contribution in [0.5, 0.6) is 5.75 Å². The molecule has 150 valence electrons. The molecule has 1 aromatic heterocycles. The van der Waals surface area contributed by atoms with Crippen LogP contribution >= 0.6 is 0 Å². The van der Waals surface area contributed by atoms with E-state index in [1.165, 1.54) is 12.1 Å². The average Bonchev–Trinajstić information content (AvgIpc) is 3.24. The summed E-state index contributed by atoms with van der Waals surface area (Å²) in [5.74, 6) is 1.34. The maximum absolute atomic E-state index is 13.3. The second kappa shape index (κ2) is 8.30. The Balaban J connectivity index is 1.43. The summed E-state index contributed by atoms with van der Waals surface area (Å²) >= 11 is 0. The molecule has 1 aliphatic heterocycles. The highest BCUT2D eigenvalue weighted by atomic mass is 19.1. The van der Waals surface area contributed by atoms with Crippen molar-refractivity contribution in [1.82, 2.24) is 15.0 Å². The zero-order chi connectivity index (χ0) is 20.2. The number of benzene rings is 2. The molecule has 8 heteroatoms. The van der Waals surface area contributed by atoms with Crippen molar-refractivity contribution in [2.45, 2.75) is 18.8 Å². The topological polar surface area (TPSA) is 80.5 Å². The van der Waals surface area contributed by atoms with Crippen LogP contribution in [-0.2, 0) is 0 Å². The summed E-state index contributed by atoms with van der Waals surface area (Å²) in [6.07, 6.45) is 1.68. The van der Waals surface area contributed by atoms with Gasteiger partial charge in [0.2, 0.25) is 11.7 Å². The number of piperidine rings is 1. The van der Waals surface area contributed by atoms with Gasteiger partial charge in [-0.25, -0.2) is 9.18 Å². The number of hydrogen-bond donors (Lipinski definition) is 1. The first-order valence-electron chi connectivity index (χ1n) is 9.42. The lowest BCUT2D eigenvalue weighted by molar-refractivity contribution is 0.184. The molecule has 0 bridgehead atoms. The molecule has 0 unspecified atom stereocenters. The van der Waals surface area contributed by atoms with Gasteiger partial charge >= 0.3 is 6.03 Å². The van der Waals surface area contributed by atoms with Crippen LogP contribution in [0.1, 0.15) is 24.7 Å². The molecule has 1 saturated heterocycles. The van der Waals surface area contributed by atoms with Gasteiger partial charge in [-0.2, -0.15) is 4.98 Å². The Bertz CT molecular complexity index is 990. The van der Waals surface area contributed by atoms with E-state index in [9.17, 15) is 9.18 Å². The Labute approximate surface area is 167 Å². The SMILES string of the molecule is COc1ccc(-c2noc([C@@H]3CCCN(C(=O)Nc4cccc(F)c4)C3)n2)cc1. The number of methoxy groups -OCH3 is 1. The summed E-state index contributed by atoms with van der Waals surface area (Å²) in [6, 6.07) is 13.0. The number of carbonyl (C=O) groups is 1. The number of likely N-dealkylation sites (tertiary alicyclic amines) is 1.